The highest BCUT2D eigenvalue weighted by atomic mass is 16.5. The molecule has 0 aliphatic carbocycles. The number of nitrogens with one attached hydrogen (secondary N) is 1. The van der Waals surface area contributed by atoms with Crippen molar-refractivity contribution in [2.45, 2.75) is 20.3 Å². The molecular weight excluding hydrogens is 296 g/mol. The first kappa shape index (κ1) is 17.0. The number of aryl methyl sites for hydroxylation is 1. The fourth-order valence-electron chi connectivity index (χ4n) is 2.14. The zero-order valence-corrected chi connectivity index (χ0v) is 13.6. The Morgan fingerprint density at radius 2 is 2.09 bits per heavy atom. The van der Waals surface area contributed by atoms with Gasteiger partial charge in [0.1, 0.15) is 11.5 Å². The zero-order valence-electron chi connectivity index (χ0n) is 13.6. The first-order valence-corrected chi connectivity index (χ1v) is 7.56. The van der Waals surface area contributed by atoms with Crippen LogP contribution in [-0.4, -0.2) is 36.3 Å². The summed E-state index contributed by atoms with van der Waals surface area (Å²) in [6.07, 6.45) is 0.648. The van der Waals surface area contributed by atoms with Crippen LogP contribution in [0.15, 0.2) is 28.7 Å². The van der Waals surface area contributed by atoms with Crippen LogP contribution in [0.25, 0.3) is 11.5 Å². The molecule has 0 saturated heterocycles. The zero-order chi connectivity index (χ0) is 16.8. The van der Waals surface area contributed by atoms with E-state index in [-0.39, 0.29) is 24.1 Å². The second-order valence-corrected chi connectivity index (χ2v) is 5.48. The van der Waals surface area contributed by atoms with Gasteiger partial charge in [-0.3, -0.25) is 4.79 Å². The van der Waals surface area contributed by atoms with Crippen LogP contribution in [0.1, 0.15) is 29.6 Å². The van der Waals surface area contributed by atoms with E-state index in [4.69, 9.17) is 14.3 Å². The molecule has 2 rings (SSSR count). The van der Waals surface area contributed by atoms with Crippen molar-refractivity contribution in [3.05, 3.63) is 35.7 Å². The third-order valence-corrected chi connectivity index (χ3v) is 3.58. The number of oxazole rings is 1. The lowest BCUT2D eigenvalue weighted by atomic mass is 10.1. The molecule has 1 amide bonds. The van der Waals surface area contributed by atoms with Gasteiger partial charge in [0.15, 0.2) is 5.69 Å². The van der Waals surface area contributed by atoms with Crippen molar-refractivity contribution in [3.8, 4) is 17.2 Å². The smallest absolute Gasteiger partial charge is 0.273 e. The Morgan fingerprint density at radius 3 is 2.70 bits per heavy atom. The number of hydrogen-bond donors (Lipinski definition) is 2. The van der Waals surface area contributed by atoms with E-state index in [1.165, 1.54) is 0 Å². The summed E-state index contributed by atoms with van der Waals surface area (Å²) in [5.74, 6) is 1.56. The molecule has 1 unspecified atom stereocenters. The third kappa shape index (κ3) is 4.32. The Morgan fingerprint density at radius 1 is 1.39 bits per heavy atom. The van der Waals surface area contributed by atoms with Gasteiger partial charge in [-0.25, -0.2) is 4.98 Å². The number of ether oxygens (including phenoxy) is 1. The molecule has 0 spiro atoms. The summed E-state index contributed by atoms with van der Waals surface area (Å²) >= 11 is 0. The van der Waals surface area contributed by atoms with Gasteiger partial charge in [-0.1, -0.05) is 6.92 Å². The molecule has 2 aromatic rings. The van der Waals surface area contributed by atoms with Gasteiger partial charge >= 0.3 is 0 Å². The molecule has 2 N–H and O–H groups in total. The topological polar surface area (TPSA) is 84.6 Å². The Bertz CT molecular complexity index is 649. The number of rotatable bonds is 7. The quantitative estimate of drug-likeness (QED) is 0.819. The summed E-state index contributed by atoms with van der Waals surface area (Å²) in [4.78, 5) is 16.5. The van der Waals surface area contributed by atoms with E-state index in [0.717, 1.165) is 11.3 Å². The molecule has 0 fully saturated rings. The number of hydrogen-bond acceptors (Lipinski definition) is 5. The SMILES string of the molecule is COc1ccc(-c2nc(C(=O)NCC(C)CCO)c(C)o2)cc1. The Kier molecular flexibility index (Phi) is 5.76. The fourth-order valence-corrected chi connectivity index (χ4v) is 2.14. The van der Waals surface area contributed by atoms with Crippen molar-refractivity contribution < 1.29 is 19.1 Å². The van der Waals surface area contributed by atoms with Crippen LogP contribution in [0.3, 0.4) is 0 Å². The number of aromatic nitrogens is 1. The predicted octanol–water partition coefficient (Wildman–Crippen LogP) is 2.41. The minimum Gasteiger partial charge on any atom is -0.497 e. The van der Waals surface area contributed by atoms with Crippen LogP contribution in [0.4, 0.5) is 0 Å². The van der Waals surface area contributed by atoms with E-state index in [2.05, 4.69) is 10.3 Å². The summed E-state index contributed by atoms with van der Waals surface area (Å²) in [5.41, 5.74) is 1.06. The first-order chi connectivity index (χ1) is 11.0. The number of carbonyl (C=O) groups excluding carboxylic acids is 1. The maximum absolute atomic E-state index is 12.2. The van der Waals surface area contributed by atoms with Crippen LogP contribution < -0.4 is 10.1 Å². The molecule has 6 nitrogen and oxygen atoms in total. The summed E-state index contributed by atoms with van der Waals surface area (Å²) in [5, 5.41) is 11.7. The van der Waals surface area contributed by atoms with Crippen molar-refractivity contribution in [2.24, 2.45) is 5.92 Å². The number of aliphatic hydroxyl groups is 1. The van der Waals surface area contributed by atoms with Crippen molar-refractivity contribution in [2.75, 3.05) is 20.3 Å². The van der Waals surface area contributed by atoms with Gasteiger partial charge in [0, 0.05) is 18.7 Å². The van der Waals surface area contributed by atoms with Gasteiger partial charge in [0.2, 0.25) is 5.89 Å². The molecule has 1 aromatic heterocycles. The minimum absolute atomic E-state index is 0.113. The molecule has 0 bridgehead atoms. The molecule has 124 valence electrons. The molecule has 6 heteroatoms. The summed E-state index contributed by atoms with van der Waals surface area (Å²) in [6.45, 7) is 4.28. The second-order valence-electron chi connectivity index (χ2n) is 5.48. The number of amides is 1. The van der Waals surface area contributed by atoms with E-state index in [1.807, 2.05) is 31.2 Å². The number of aliphatic hydroxyl groups excluding tert-OH is 1. The average Bonchev–Trinajstić information content (AvgIpc) is 2.95. The Labute approximate surface area is 135 Å². The highest BCUT2D eigenvalue weighted by Gasteiger charge is 2.18. The molecule has 0 aliphatic heterocycles. The number of nitrogens with zero attached hydrogens (tertiary/aromatic N) is 1. The lowest BCUT2D eigenvalue weighted by Gasteiger charge is -2.09. The van der Waals surface area contributed by atoms with Crippen LogP contribution in [0, 0.1) is 12.8 Å². The van der Waals surface area contributed by atoms with Gasteiger partial charge in [-0.2, -0.15) is 0 Å². The van der Waals surface area contributed by atoms with E-state index in [1.54, 1.807) is 14.0 Å². The summed E-state index contributed by atoms with van der Waals surface area (Å²) in [6, 6.07) is 7.28. The normalized spacial score (nSPS) is 12.0. The molecule has 1 atom stereocenters. The Balaban J connectivity index is 2.09. The molecular formula is C17H22N2O4. The maximum Gasteiger partial charge on any atom is 0.273 e. The van der Waals surface area contributed by atoms with Crippen molar-refractivity contribution >= 4 is 5.91 Å². The van der Waals surface area contributed by atoms with Crippen LogP contribution in [0.2, 0.25) is 0 Å². The standard InChI is InChI=1S/C17H22N2O4/c1-11(8-9-20)10-18-16(21)15-12(2)23-17(19-15)13-4-6-14(22-3)7-5-13/h4-7,11,20H,8-10H2,1-3H3,(H,18,21). The molecule has 1 aromatic carbocycles. The van der Waals surface area contributed by atoms with Gasteiger partial charge in [-0.05, 0) is 43.5 Å². The lowest BCUT2D eigenvalue weighted by Crippen LogP contribution is -2.29. The largest absolute Gasteiger partial charge is 0.497 e. The number of carbonyl (C=O) groups is 1. The summed E-state index contributed by atoms with van der Waals surface area (Å²) < 4.78 is 10.7. The van der Waals surface area contributed by atoms with E-state index < -0.39 is 0 Å². The number of methoxy groups -OCH3 is 1. The maximum atomic E-state index is 12.2. The molecule has 0 aliphatic rings. The van der Waals surface area contributed by atoms with E-state index in [0.29, 0.717) is 24.6 Å². The molecule has 1 heterocycles. The van der Waals surface area contributed by atoms with Gasteiger partial charge in [0.05, 0.1) is 7.11 Å². The number of benzene rings is 1. The molecule has 23 heavy (non-hydrogen) atoms. The monoisotopic (exact) mass is 318 g/mol. The van der Waals surface area contributed by atoms with Crippen molar-refractivity contribution in [3.63, 3.8) is 0 Å². The third-order valence-electron chi connectivity index (χ3n) is 3.58. The molecule has 0 radical (unpaired) electrons. The fraction of sp³-hybridized carbons (Fsp3) is 0.412. The lowest BCUT2D eigenvalue weighted by molar-refractivity contribution is 0.0939. The second kappa shape index (κ2) is 7.78. The highest BCUT2D eigenvalue weighted by Crippen LogP contribution is 2.24. The van der Waals surface area contributed by atoms with Crippen LogP contribution >= 0.6 is 0 Å². The summed E-state index contributed by atoms with van der Waals surface area (Å²) in [7, 11) is 1.60. The minimum atomic E-state index is -0.268. The van der Waals surface area contributed by atoms with Gasteiger partial charge in [-0.15, -0.1) is 0 Å². The van der Waals surface area contributed by atoms with Crippen LogP contribution in [0.5, 0.6) is 5.75 Å². The molecule has 0 saturated carbocycles. The van der Waals surface area contributed by atoms with Gasteiger partial charge in [0.25, 0.3) is 5.91 Å². The highest BCUT2D eigenvalue weighted by molar-refractivity contribution is 5.93. The van der Waals surface area contributed by atoms with Gasteiger partial charge < -0.3 is 19.6 Å². The predicted molar refractivity (Wildman–Crippen MR) is 86.4 cm³/mol. The van der Waals surface area contributed by atoms with E-state index in [9.17, 15) is 4.79 Å². The Hall–Kier alpha value is -2.34. The average molecular weight is 318 g/mol. The van der Waals surface area contributed by atoms with Crippen molar-refractivity contribution in [1.82, 2.24) is 10.3 Å². The van der Waals surface area contributed by atoms with Crippen LogP contribution in [-0.2, 0) is 0 Å². The van der Waals surface area contributed by atoms with E-state index >= 15 is 0 Å². The first-order valence-electron chi connectivity index (χ1n) is 7.56. The van der Waals surface area contributed by atoms with Crippen molar-refractivity contribution in [1.29, 1.82) is 0 Å².